The molecule has 6 nitrogen and oxygen atoms in total. The van der Waals surface area contributed by atoms with Crippen molar-refractivity contribution in [3.63, 3.8) is 0 Å². The van der Waals surface area contributed by atoms with Crippen LogP contribution in [0.4, 0.5) is 5.82 Å². The minimum absolute atomic E-state index is 0.109. The number of hydrogen-bond donors (Lipinski definition) is 3. The Bertz CT molecular complexity index is 313. The van der Waals surface area contributed by atoms with E-state index in [0.29, 0.717) is 0 Å². The van der Waals surface area contributed by atoms with Crippen LogP contribution in [-0.2, 0) is 6.61 Å². The molecule has 1 aromatic heterocycles. The second-order valence-electron chi connectivity index (χ2n) is 2.05. The van der Waals surface area contributed by atoms with Gasteiger partial charge < -0.3 is 15.9 Å². The maximum Gasteiger partial charge on any atom is 0.341 e. The number of aliphatic hydroxyl groups is 1. The first-order chi connectivity index (χ1) is 5.65. The molecular weight excluding hydrogens is 162 g/mol. The van der Waals surface area contributed by atoms with Crippen molar-refractivity contribution < 1.29 is 15.0 Å². The highest BCUT2D eigenvalue weighted by Gasteiger charge is 2.09. The summed E-state index contributed by atoms with van der Waals surface area (Å²) in [5, 5.41) is 17.1. The molecule has 0 aromatic carbocycles. The lowest BCUT2D eigenvalue weighted by atomic mass is 10.3. The van der Waals surface area contributed by atoms with E-state index in [1.54, 1.807) is 0 Å². The van der Waals surface area contributed by atoms with Gasteiger partial charge in [-0.3, -0.25) is 0 Å². The molecule has 1 heterocycles. The Labute approximate surface area is 67.7 Å². The summed E-state index contributed by atoms with van der Waals surface area (Å²) in [6, 6.07) is 0. The number of rotatable bonds is 2. The second kappa shape index (κ2) is 3.14. The fourth-order valence-electron chi connectivity index (χ4n) is 0.674. The van der Waals surface area contributed by atoms with Gasteiger partial charge in [-0.15, -0.1) is 0 Å². The van der Waals surface area contributed by atoms with Gasteiger partial charge in [0.1, 0.15) is 18.0 Å². The molecule has 0 aliphatic rings. The number of aromatic nitrogens is 2. The largest absolute Gasteiger partial charge is 0.477 e. The highest BCUT2D eigenvalue weighted by Crippen LogP contribution is 2.06. The van der Waals surface area contributed by atoms with Gasteiger partial charge in [0.25, 0.3) is 0 Å². The fourth-order valence-corrected chi connectivity index (χ4v) is 0.674. The van der Waals surface area contributed by atoms with Crippen LogP contribution in [0, 0.1) is 0 Å². The number of carbonyl (C=O) groups is 1. The van der Waals surface area contributed by atoms with Gasteiger partial charge >= 0.3 is 5.97 Å². The van der Waals surface area contributed by atoms with Crippen LogP contribution in [-0.4, -0.2) is 26.2 Å². The molecule has 1 aromatic rings. The molecule has 0 fully saturated rings. The number of aromatic carboxylic acids is 1. The summed E-state index contributed by atoms with van der Waals surface area (Å²) in [7, 11) is 0. The summed E-state index contributed by atoms with van der Waals surface area (Å²) in [6.45, 7) is -0.357. The van der Waals surface area contributed by atoms with Crippen LogP contribution >= 0.6 is 0 Å². The summed E-state index contributed by atoms with van der Waals surface area (Å²) < 4.78 is 0. The molecule has 4 N–H and O–H groups in total. The van der Waals surface area contributed by atoms with Gasteiger partial charge in [-0.2, -0.15) is 0 Å². The Morgan fingerprint density at radius 2 is 2.33 bits per heavy atom. The number of nitrogens with two attached hydrogens (primary N) is 1. The van der Waals surface area contributed by atoms with Crippen molar-refractivity contribution in [1.82, 2.24) is 9.97 Å². The highest BCUT2D eigenvalue weighted by atomic mass is 16.4. The van der Waals surface area contributed by atoms with Gasteiger partial charge in [-0.1, -0.05) is 0 Å². The predicted octanol–water partition coefficient (Wildman–Crippen LogP) is -0.751. The number of aliphatic hydroxyl groups excluding tert-OH is 1. The quantitative estimate of drug-likeness (QED) is 0.537. The van der Waals surface area contributed by atoms with Crippen molar-refractivity contribution in [2.24, 2.45) is 0 Å². The van der Waals surface area contributed by atoms with Crippen LogP contribution in [0.3, 0.4) is 0 Å². The molecule has 0 amide bonds. The highest BCUT2D eigenvalue weighted by molar-refractivity contribution is 5.91. The normalized spacial score (nSPS) is 9.75. The van der Waals surface area contributed by atoms with Crippen LogP contribution in [0.15, 0.2) is 6.20 Å². The molecule has 0 atom stereocenters. The molecule has 0 bridgehead atoms. The Hall–Kier alpha value is -1.69. The summed E-state index contributed by atoms with van der Waals surface area (Å²) >= 11 is 0. The van der Waals surface area contributed by atoms with Gasteiger partial charge in [0.2, 0.25) is 0 Å². The van der Waals surface area contributed by atoms with Crippen molar-refractivity contribution in [2.45, 2.75) is 6.61 Å². The number of carboxylic acid groups (broad SMARTS) is 1. The van der Waals surface area contributed by atoms with Crippen LogP contribution in [0.2, 0.25) is 0 Å². The average molecular weight is 169 g/mol. The standard InChI is InChI=1S/C6H7N3O3/c7-5-3(6(11)12)1-8-4(2-10)9-5/h1,10H,2H2,(H,11,12)(H2,7,8,9). The lowest BCUT2D eigenvalue weighted by Gasteiger charge is -1.99. The third-order valence-electron chi connectivity index (χ3n) is 1.24. The Kier molecular flexibility index (Phi) is 2.20. The molecule has 12 heavy (non-hydrogen) atoms. The van der Waals surface area contributed by atoms with Crippen LogP contribution in [0.5, 0.6) is 0 Å². The summed E-state index contributed by atoms with van der Waals surface area (Å²) in [4.78, 5) is 17.5. The van der Waals surface area contributed by atoms with Crippen LogP contribution in [0.1, 0.15) is 16.2 Å². The van der Waals surface area contributed by atoms with Gasteiger partial charge in [-0.25, -0.2) is 14.8 Å². The smallest absolute Gasteiger partial charge is 0.341 e. The fraction of sp³-hybridized carbons (Fsp3) is 0.167. The number of carboxylic acids is 1. The van der Waals surface area contributed by atoms with Crippen molar-refractivity contribution in [3.8, 4) is 0 Å². The molecule has 0 saturated carbocycles. The lowest BCUT2D eigenvalue weighted by molar-refractivity contribution is 0.0697. The predicted molar refractivity (Wildman–Crippen MR) is 39.3 cm³/mol. The minimum Gasteiger partial charge on any atom is -0.477 e. The van der Waals surface area contributed by atoms with E-state index in [4.69, 9.17) is 15.9 Å². The molecule has 64 valence electrons. The van der Waals surface area contributed by atoms with Crippen molar-refractivity contribution in [2.75, 3.05) is 5.73 Å². The van der Waals surface area contributed by atoms with Crippen LogP contribution in [0.25, 0.3) is 0 Å². The molecule has 0 unspecified atom stereocenters. The van der Waals surface area contributed by atoms with Gasteiger partial charge in [0.15, 0.2) is 5.82 Å². The van der Waals surface area contributed by atoms with Crippen molar-refractivity contribution >= 4 is 11.8 Å². The van der Waals surface area contributed by atoms with Gasteiger partial charge in [0.05, 0.1) is 0 Å². The topological polar surface area (TPSA) is 109 Å². The third kappa shape index (κ3) is 1.48. The molecular formula is C6H7N3O3. The lowest BCUT2D eigenvalue weighted by Crippen LogP contribution is -2.08. The number of hydrogen-bond acceptors (Lipinski definition) is 5. The van der Waals surface area contributed by atoms with E-state index in [9.17, 15) is 4.79 Å². The number of anilines is 1. The zero-order valence-corrected chi connectivity index (χ0v) is 6.06. The Morgan fingerprint density at radius 1 is 1.67 bits per heavy atom. The van der Waals surface area contributed by atoms with E-state index < -0.39 is 5.97 Å². The zero-order valence-electron chi connectivity index (χ0n) is 6.06. The SMILES string of the molecule is Nc1nc(CO)ncc1C(=O)O. The molecule has 0 aliphatic heterocycles. The third-order valence-corrected chi connectivity index (χ3v) is 1.24. The molecule has 0 aliphatic carbocycles. The Morgan fingerprint density at radius 3 is 2.75 bits per heavy atom. The molecule has 1 rings (SSSR count). The maximum atomic E-state index is 10.4. The van der Waals surface area contributed by atoms with E-state index in [0.717, 1.165) is 6.20 Å². The first-order valence-corrected chi connectivity index (χ1v) is 3.10. The number of nitrogens with zero attached hydrogens (tertiary/aromatic N) is 2. The van der Waals surface area contributed by atoms with E-state index in [1.807, 2.05) is 0 Å². The minimum atomic E-state index is -1.18. The van der Waals surface area contributed by atoms with Gasteiger partial charge in [-0.05, 0) is 0 Å². The summed E-state index contributed by atoms with van der Waals surface area (Å²) in [6.07, 6.45) is 1.07. The van der Waals surface area contributed by atoms with E-state index in [1.165, 1.54) is 0 Å². The van der Waals surface area contributed by atoms with E-state index >= 15 is 0 Å². The van der Waals surface area contributed by atoms with Gasteiger partial charge in [0, 0.05) is 6.20 Å². The Balaban J connectivity index is 3.12. The summed E-state index contributed by atoms with van der Waals surface area (Å²) in [5.74, 6) is -1.21. The van der Waals surface area contributed by atoms with E-state index in [-0.39, 0.29) is 23.8 Å². The van der Waals surface area contributed by atoms with Crippen molar-refractivity contribution in [3.05, 3.63) is 17.6 Å². The van der Waals surface area contributed by atoms with Crippen LogP contribution < -0.4 is 5.73 Å². The molecule has 6 heteroatoms. The molecule has 0 spiro atoms. The first kappa shape index (κ1) is 8.41. The average Bonchev–Trinajstić information content (AvgIpc) is 2.03. The second-order valence-corrected chi connectivity index (χ2v) is 2.05. The maximum absolute atomic E-state index is 10.4. The number of nitrogen functional groups attached to an aromatic ring is 1. The summed E-state index contributed by atoms with van der Waals surface area (Å²) in [5.41, 5.74) is 5.09. The van der Waals surface area contributed by atoms with Crippen molar-refractivity contribution in [1.29, 1.82) is 0 Å². The zero-order chi connectivity index (χ0) is 9.14. The van der Waals surface area contributed by atoms with E-state index in [2.05, 4.69) is 9.97 Å². The molecule has 0 saturated heterocycles. The monoisotopic (exact) mass is 169 g/mol. The first-order valence-electron chi connectivity index (χ1n) is 3.10. The molecule has 0 radical (unpaired) electrons.